The van der Waals surface area contributed by atoms with Crippen molar-refractivity contribution in [3.63, 3.8) is 0 Å². The summed E-state index contributed by atoms with van der Waals surface area (Å²) in [6, 6.07) is 1.70. The molecule has 0 radical (unpaired) electrons. The fourth-order valence-corrected chi connectivity index (χ4v) is 1.04. The molecule has 0 fully saturated rings. The van der Waals surface area contributed by atoms with Crippen molar-refractivity contribution in [3.8, 4) is 5.75 Å². The maximum absolute atomic E-state index is 10.5. The van der Waals surface area contributed by atoms with Gasteiger partial charge in [0.25, 0.3) is 5.75 Å². The van der Waals surface area contributed by atoms with Gasteiger partial charge in [0.15, 0.2) is 0 Å². The van der Waals surface area contributed by atoms with Gasteiger partial charge < -0.3 is 10.3 Å². The fourth-order valence-electron chi connectivity index (χ4n) is 1.04. The molecular weight excluding hydrogens is 222 g/mol. The van der Waals surface area contributed by atoms with E-state index in [1.165, 1.54) is 0 Å². The van der Waals surface area contributed by atoms with Gasteiger partial charge in [-0.05, 0) is 0 Å². The summed E-state index contributed by atoms with van der Waals surface area (Å²) in [5.74, 6) is -1.04. The lowest BCUT2D eigenvalue weighted by molar-refractivity contribution is -0.396. The van der Waals surface area contributed by atoms with Crippen LogP contribution in [0, 0.1) is 20.2 Å². The Hall–Kier alpha value is -2.71. The number of aromatic hydroxyl groups is 1. The van der Waals surface area contributed by atoms with Crippen molar-refractivity contribution >= 4 is 17.6 Å². The zero-order chi connectivity index (χ0) is 12.3. The number of nitrogens with zero attached hydrogens (tertiary/aromatic N) is 3. The second-order valence-electron chi connectivity index (χ2n) is 2.67. The van der Waals surface area contributed by atoms with E-state index in [1.54, 1.807) is 0 Å². The van der Waals surface area contributed by atoms with Crippen molar-refractivity contribution in [1.82, 2.24) is 0 Å². The van der Waals surface area contributed by atoms with E-state index in [-0.39, 0.29) is 5.56 Å². The molecule has 16 heavy (non-hydrogen) atoms. The Morgan fingerprint density at radius 1 is 1.19 bits per heavy atom. The van der Waals surface area contributed by atoms with E-state index in [1.807, 2.05) is 0 Å². The molecule has 0 bridgehead atoms. The lowest BCUT2D eigenvalue weighted by Gasteiger charge is -1.99. The summed E-state index contributed by atoms with van der Waals surface area (Å²) < 4.78 is 0. The molecule has 9 heteroatoms. The van der Waals surface area contributed by atoms with Gasteiger partial charge in [-0.1, -0.05) is 5.16 Å². The number of benzene rings is 1. The quantitative estimate of drug-likeness (QED) is 0.342. The van der Waals surface area contributed by atoms with Crippen LogP contribution in [0.4, 0.5) is 11.4 Å². The molecule has 0 atom stereocenters. The highest BCUT2D eigenvalue weighted by atomic mass is 16.6. The Kier molecular flexibility index (Phi) is 2.99. The van der Waals surface area contributed by atoms with Gasteiger partial charge in [-0.15, -0.1) is 0 Å². The van der Waals surface area contributed by atoms with Gasteiger partial charge in [0, 0.05) is 17.7 Å². The van der Waals surface area contributed by atoms with E-state index in [4.69, 9.17) is 5.21 Å². The predicted octanol–water partition coefficient (Wildman–Crippen LogP) is 1.02. The molecule has 1 rings (SSSR count). The number of oxime groups is 1. The van der Waals surface area contributed by atoms with Crippen LogP contribution in [0.15, 0.2) is 17.3 Å². The van der Waals surface area contributed by atoms with E-state index in [0.717, 1.165) is 18.3 Å². The van der Waals surface area contributed by atoms with Crippen LogP contribution in [0.3, 0.4) is 0 Å². The summed E-state index contributed by atoms with van der Waals surface area (Å²) in [5, 5.41) is 41.0. The first-order chi connectivity index (χ1) is 7.47. The standard InChI is InChI=1S/C7H5N3O6/c11-7-5(9(13)14)1-4(3-8-12)2-6(7)10(15)16/h1-3,11-12H. The molecule has 0 aliphatic heterocycles. The van der Waals surface area contributed by atoms with Gasteiger partial charge in [0.2, 0.25) is 0 Å². The molecule has 0 aliphatic carbocycles. The average molecular weight is 227 g/mol. The minimum absolute atomic E-state index is 0.0706. The maximum atomic E-state index is 10.5. The maximum Gasteiger partial charge on any atom is 0.318 e. The predicted molar refractivity (Wildman–Crippen MR) is 50.8 cm³/mol. The topological polar surface area (TPSA) is 139 Å². The molecule has 9 nitrogen and oxygen atoms in total. The highest BCUT2D eigenvalue weighted by Crippen LogP contribution is 2.36. The number of hydrogen-bond acceptors (Lipinski definition) is 7. The highest BCUT2D eigenvalue weighted by Gasteiger charge is 2.25. The van der Waals surface area contributed by atoms with Crippen molar-refractivity contribution < 1.29 is 20.2 Å². The van der Waals surface area contributed by atoms with E-state index in [9.17, 15) is 25.3 Å². The van der Waals surface area contributed by atoms with Gasteiger partial charge in [-0.25, -0.2) is 0 Å². The number of rotatable bonds is 3. The monoisotopic (exact) mass is 227 g/mol. The summed E-state index contributed by atoms with van der Waals surface area (Å²) in [6.45, 7) is 0. The van der Waals surface area contributed by atoms with Crippen molar-refractivity contribution in [2.75, 3.05) is 0 Å². The third-order valence-corrected chi connectivity index (χ3v) is 1.69. The van der Waals surface area contributed by atoms with Crippen LogP contribution in [0.5, 0.6) is 5.75 Å². The zero-order valence-corrected chi connectivity index (χ0v) is 7.60. The lowest BCUT2D eigenvalue weighted by Crippen LogP contribution is -1.96. The van der Waals surface area contributed by atoms with E-state index < -0.39 is 27.0 Å². The average Bonchev–Trinajstić information content (AvgIpc) is 2.19. The Labute approximate surface area is 87.5 Å². The van der Waals surface area contributed by atoms with Crippen LogP contribution < -0.4 is 0 Å². The van der Waals surface area contributed by atoms with Crippen LogP contribution in [0.1, 0.15) is 5.56 Å². The van der Waals surface area contributed by atoms with Crippen molar-refractivity contribution in [2.45, 2.75) is 0 Å². The van der Waals surface area contributed by atoms with E-state index in [0.29, 0.717) is 0 Å². The molecule has 2 N–H and O–H groups in total. The molecule has 1 aromatic rings. The SMILES string of the molecule is O=[N+]([O-])c1cc(C=NO)cc([N+](=O)[O-])c1O. The largest absolute Gasteiger partial charge is 0.497 e. The number of nitro benzene ring substituents is 2. The van der Waals surface area contributed by atoms with Crippen LogP contribution in [-0.2, 0) is 0 Å². The van der Waals surface area contributed by atoms with E-state index >= 15 is 0 Å². The van der Waals surface area contributed by atoms with Gasteiger partial charge in [0.1, 0.15) is 0 Å². The van der Waals surface area contributed by atoms with Crippen LogP contribution in [-0.4, -0.2) is 26.4 Å². The molecule has 84 valence electrons. The molecular formula is C7H5N3O6. The molecule has 0 unspecified atom stereocenters. The first kappa shape index (κ1) is 11.4. The minimum Gasteiger partial charge on any atom is -0.497 e. The number of hydrogen-bond donors (Lipinski definition) is 2. The molecule has 0 aromatic heterocycles. The molecule has 0 spiro atoms. The Balaban J connectivity index is 3.50. The summed E-state index contributed by atoms with van der Waals surface area (Å²) in [6.07, 6.45) is 0.777. The summed E-state index contributed by atoms with van der Waals surface area (Å²) in [4.78, 5) is 19.0. The Bertz CT molecular complexity index is 448. The summed E-state index contributed by atoms with van der Waals surface area (Å²) >= 11 is 0. The number of nitro groups is 2. The molecule has 0 saturated carbocycles. The van der Waals surface area contributed by atoms with Gasteiger partial charge in [0.05, 0.1) is 16.1 Å². The minimum atomic E-state index is -1.04. The lowest BCUT2D eigenvalue weighted by atomic mass is 10.1. The second kappa shape index (κ2) is 4.21. The second-order valence-corrected chi connectivity index (χ2v) is 2.67. The first-order valence-corrected chi connectivity index (χ1v) is 3.80. The van der Waals surface area contributed by atoms with Crippen LogP contribution in [0.25, 0.3) is 0 Å². The Morgan fingerprint density at radius 2 is 1.62 bits per heavy atom. The zero-order valence-electron chi connectivity index (χ0n) is 7.60. The molecule has 0 saturated heterocycles. The van der Waals surface area contributed by atoms with Gasteiger partial charge >= 0.3 is 11.4 Å². The van der Waals surface area contributed by atoms with Crippen LogP contribution >= 0.6 is 0 Å². The van der Waals surface area contributed by atoms with Crippen molar-refractivity contribution in [1.29, 1.82) is 0 Å². The normalized spacial score (nSPS) is 10.5. The van der Waals surface area contributed by atoms with E-state index in [2.05, 4.69) is 5.16 Å². The van der Waals surface area contributed by atoms with Crippen LogP contribution in [0.2, 0.25) is 0 Å². The molecule has 0 heterocycles. The van der Waals surface area contributed by atoms with Gasteiger partial charge in [-0.3, -0.25) is 20.2 Å². The summed E-state index contributed by atoms with van der Waals surface area (Å²) in [5.41, 5.74) is -1.73. The van der Waals surface area contributed by atoms with Crippen molar-refractivity contribution in [2.24, 2.45) is 5.16 Å². The molecule has 0 amide bonds. The van der Waals surface area contributed by atoms with Gasteiger partial charge in [-0.2, -0.15) is 0 Å². The number of phenolic OH excluding ortho intramolecular Hbond substituents is 1. The summed E-state index contributed by atoms with van der Waals surface area (Å²) in [7, 11) is 0. The van der Waals surface area contributed by atoms with Crippen molar-refractivity contribution in [3.05, 3.63) is 37.9 Å². The third kappa shape index (κ3) is 2.03. The third-order valence-electron chi connectivity index (χ3n) is 1.69. The molecule has 0 aliphatic rings. The highest BCUT2D eigenvalue weighted by molar-refractivity contribution is 5.83. The smallest absolute Gasteiger partial charge is 0.318 e. The number of phenols is 1. The Morgan fingerprint density at radius 3 is 1.94 bits per heavy atom. The first-order valence-electron chi connectivity index (χ1n) is 3.80. The molecule has 1 aromatic carbocycles. The fraction of sp³-hybridized carbons (Fsp3) is 0.